The molecule has 0 spiro atoms. The third-order valence-corrected chi connectivity index (χ3v) is 5.82. The van der Waals surface area contributed by atoms with Crippen LogP contribution in [0.25, 0.3) is 0 Å². The first-order chi connectivity index (χ1) is 16.0. The van der Waals surface area contributed by atoms with Gasteiger partial charge in [-0.1, -0.05) is 32.1 Å². The summed E-state index contributed by atoms with van der Waals surface area (Å²) in [5.74, 6) is -1.07. The maximum absolute atomic E-state index is 12.2. The van der Waals surface area contributed by atoms with Crippen molar-refractivity contribution in [1.29, 1.82) is 0 Å². The summed E-state index contributed by atoms with van der Waals surface area (Å²) in [6, 6.07) is 7.39. The molecule has 1 saturated heterocycles. The van der Waals surface area contributed by atoms with E-state index in [4.69, 9.17) is 5.73 Å². The molecule has 33 heavy (non-hydrogen) atoms. The second-order valence-electron chi connectivity index (χ2n) is 8.12. The minimum absolute atomic E-state index is 0.0154. The highest BCUT2D eigenvalue weighted by Crippen LogP contribution is 2.30. The summed E-state index contributed by atoms with van der Waals surface area (Å²) in [5, 5.41) is 2.22. The number of fused-ring (bicyclic) bond motifs is 1. The quantitative estimate of drug-likeness (QED) is 0.686. The highest BCUT2D eigenvalue weighted by molar-refractivity contribution is 6.05. The van der Waals surface area contributed by atoms with E-state index in [-0.39, 0.29) is 30.5 Å². The number of nitrogens with zero attached hydrogens (tertiary/aromatic N) is 2. The van der Waals surface area contributed by atoms with Crippen LogP contribution in [0.1, 0.15) is 66.4 Å². The van der Waals surface area contributed by atoms with Gasteiger partial charge in [-0.2, -0.15) is 0 Å². The molecule has 2 fully saturated rings. The van der Waals surface area contributed by atoms with Crippen LogP contribution in [0, 0.1) is 0 Å². The van der Waals surface area contributed by atoms with Gasteiger partial charge in [-0.3, -0.25) is 29.6 Å². The Morgan fingerprint density at radius 2 is 1.73 bits per heavy atom. The molecule has 3 amide bonds. The predicted octanol–water partition coefficient (Wildman–Crippen LogP) is 3.20. The van der Waals surface area contributed by atoms with Crippen LogP contribution in [-0.2, 0) is 22.7 Å². The van der Waals surface area contributed by atoms with E-state index in [0.717, 1.165) is 5.56 Å². The van der Waals surface area contributed by atoms with Gasteiger partial charge in [0.05, 0.1) is 0 Å². The van der Waals surface area contributed by atoms with Gasteiger partial charge >= 0.3 is 0 Å². The molecule has 0 bridgehead atoms. The maximum Gasteiger partial charge on any atom is 0.255 e. The van der Waals surface area contributed by atoms with Gasteiger partial charge in [0, 0.05) is 42.0 Å². The van der Waals surface area contributed by atoms with Gasteiger partial charge in [-0.15, -0.1) is 0 Å². The lowest BCUT2D eigenvalue weighted by atomic mass is 10.0. The number of benzene rings is 1. The minimum Gasteiger partial charge on any atom is -0.326 e. The third kappa shape index (κ3) is 6.58. The Morgan fingerprint density at radius 3 is 2.27 bits per heavy atom. The molecule has 1 atom stereocenters. The molecule has 0 radical (unpaired) electrons. The molecule has 3 aliphatic rings. The van der Waals surface area contributed by atoms with E-state index in [2.05, 4.69) is 15.2 Å². The van der Waals surface area contributed by atoms with E-state index in [0.29, 0.717) is 24.1 Å². The van der Waals surface area contributed by atoms with Crippen molar-refractivity contribution >= 4 is 17.7 Å². The van der Waals surface area contributed by atoms with Gasteiger partial charge < -0.3 is 10.6 Å². The van der Waals surface area contributed by atoms with Crippen molar-refractivity contribution in [1.82, 2.24) is 15.2 Å². The lowest BCUT2D eigenvalue weighted by Gasteiger charge is -2.29. The standard InChI is InChI=1S/C13H11FN2O4.C6H8N2.C5H10/c14-20-8-1-2-9-7(5-8)6-16(13(9)19)10-3-4-11(17)15-12(10)18;7-5-6-1-3-8-4-2-6;1-2-4-5-3-1/h1-2,5,10H,3-4,6H2,(H,15,17,18);1-4H,5,7H2;1-5H2. The summed E-state index contributed by atoms with van der Waals surface area (Å²) >= 11 is 0. The van der Waals surface area contributed by atoms with E-state index >= 15 is 0 Å². The minimum atomic E-state index is -0.664. The first-order valence-corrected chi connectivity index (χ1v) is 11.2. The van der Waals surface area contributed by atoms with E-state index in [1.54, 1.807) is 12.4 Å². The summed E-state index contributed by atoms with van der Waals surface area (Å²) in [4.78, 5) is 44.0. The summed E-state index contributed by atoms with van der Waals surface area (Å²) in [6.07, 6.45) is 11.5. The van der Waals surface area contributed by atoms with Crippen molar-refractivity contribution in [3.63, 3.8) is 0 Å². The van der Waals surface area contributed by atoms with Crippen molar-refractivity contribution < 1.29 is 23.9 Å². The van der Waals surface area contributed by atoms with E-state index < -0.39 is 11.9 Å². The zero-order valence-electron chi connectivity index (χ0n) is 18.5. The maximum atomic E-state index is 12.2. The van der Waals surface area contributed by atoms with Crippen LogP contribution in [0.15, 0.2) is 42.7 Å². The number of amides is 3. The lowest BCUT2D eigenvalue weighted by Crippen LogP contribution is -2.52. The molecule has 2 aromatic rings. The number of pyridine rings is 1. The molecule has 3 N–H and O–H groups in total. The van der Waals surface area contributed by atoms with Crippen LogP contribution in [0.5, 0.6) is 5.75 Å². The third-order valence-electron chi connectivity index (χ3n) is 5.82. The van der Waals surface area contributed by atoms with Crippen molar-refractivity contribution in [3.05, 3.63) is 59.4 Å². The van der Waals surface area contributed by atoms with E-state index in [1.165, 1.54) is 55.2 Å². The number of rotatable bonds is 3. The Labute approximate surface area is 192 Å². The summed E-state index contributed by atoms with van der Waals surface area (Å²) < 4.78 is 12.1. The predicted molar refractivity (Wildman–Crippen MR) is 119 cm³/mol. The first kappa shape index (κ1) is 24.3. The average Bonchev–Trinajstić information content (AvgIpc) is 3.52. The van der Waals surface area contributed by atoms with Gasteiger partial charge in [0.15, 0.2) is 5.75 Å². The zero-order valence-corrected chi connectivity index (χ0v) is 18.5. The fourth-order valence-corrected chi connectivity index (χ4v) is 4.00. The zero-order chi connectivity index (χ0) is 23.6. The smallest absolute Gasteiger partial charge is 0.255 e. The molecular weight excluding hydrogens is 427 g/mol. The van der Waals surface area contributed by atoms with Crippen LogP contribution in [0.4, 0.5) is 4.53 Å². The molecule has 9 heteroatoms. The second kappa shape index (κ2) is 12.1. The monoisotopic (exact) mass is 456 g/mol. The van der Waals surface area contributed by atoms with Crippen molar-refractivity contribution in [2.75, 3.05) is 0 Å². The summed E-state index contributed by atoms with van der Waals surface area (Å²) in [5.41, 5.74) is 7.48. The number of halogens is 1. The van der Waals surface area contributed by atoms with Crippen LogP contribution in [-0.4, -0.2) is 33.6 Å². The number of imide groups is 1. The number of carbonyl (C=O) groups is 3. The average molecular weight is 457 g/mol. The van der Waals surface area contributed by atoms with Crippen molar-refractivity contribution in [2.45, 2.75) is 64.1 Å². The largest absolute Gasteiger partial charge is 0.326 e. The Balaban J connectivity index is 0.000000192. The van der Waals surface area contributed by atoms with E-state index in [9.17, 15) is 18.9 Å². The SMILES string of the molecule is C1CCCC1.NCc1ccncc1.O=C1CCC(N2Cc3cc(OF)ccc3C2=O)C(=O)N1. The lowest BCUT2D eigenvalue weighted by molar-refractivity contribution is -0.136. The normalized spacial score (nSPS) is 19.0. The van der Waals surface area contributed by atoms with Crippen LogP contribution < -0.4 is 16.0 Å². The number of nitrogens with one attached hydrogen (secondary N) is 1. The number of piperidine rings is 1. The summed E-state index contributed by atoms with van der Waals surface area (Å²) in [6.45, 7) is 0.806. The number of aromatic nitrogens is 1. The number of carbonyl (C=O) groups excluding carboxylic acids is 3. The Bertz CT molecular complexity index is 959. The van der Waals surface area contributed by atoms with Gasteiger partial charge in [-0.25, -0.2) is 0 Å². The molecule has 1 saturated carbocycles. The molecule has 5 rings (SSSR count). The molecule has 1 aliphatic carbocycles. The van der Waals surface area contributed by atoms with Crippen molar-refractivity contribution in [2.24, 2.45) is 5.73 Å². The van der Waals surface area contributed by atoms with E-state index in [1.807, 2.05) is 12.1 Å². The second-order valence-corrected chi connectivity index (χ2v) is 8.12. The van der Waals surface area contributed by atoms with Crippen molar-refractivity contribution in [3.8, 4) is 5.75 Å². The van der Waals surface area contributed by atoms with Gasteiger partial charge in [0.1, 0.15) is 6.04 Å². The molecule has 176 valence electrons. The van der Waals surface area contributed by atoms with Crippen LogP contribution >= 0.6 is 0 Å². The van der Waals surface area contributed by atoms with Crippen LogP contribution in [0.3, 0.4) is 0 Å². The summed E-state index contributed by atoms with van der Waals surface area (Å²) in [7, 11) is 0. The molecule has 1 aromatic carbocycles. The molecule has 1 aromatic heterocycles. The molecular formula is C24H29FN4O4. The fourth-order valence-electron chi connectivity index (χ4n) is 4.00. The molecule has 1 unspecified atom stereocenters. The molecule has 2 aliphatic heterocycles. The Kier molecular flexibility index (Phi) is 8.88. The number of nitrogens with two attached hydrogens (primary N) is 1. The highest BCUT2D eigenvalue weighted by Gasteiger charge is 2.39. The van der Waals surface area contributed by atoms with Gasteiger partial charge in [0.2, 0.25) is 11.8 Å². The molecule has 3 heterocycles. The first-order valence-electron chi connectivity index (χ1n) is 11.2. The topological polar surface area (TPSA) is 115 Å². The number of hydrogen-bond donors (Lipinski definition) is 2. The Morgan fingerprint density at radius 1 is 1.06 bits per heavy atom. The fraction of sp³-hybridized carbons (Fsp3) is 0.417. The highest BCUT2D eigenvalue weighted by atomic mass is 19.3. The van der Waals surface area contributed by atoms with Gasteiger partial charge in [0.25, 0.3) is 5.91 Å². The number of hydrogen-bond acceptors (Lipinski definition) is 6. The molecule has 8 nitrogen and oxygen atoms in total. The van der Waals surface area contributed by atoms with Crippen LogP contribution in [0.2, 0.25) is 0 Å². The van der Waals surface area contributed by atoms with Gasteiger partial charge in [-0.05, 0) is 47.9 Å². The Hall–Kier alpha value is -3.33.